The minimum Gasteiger partial charge on any atom is -0.372 e. The smallest absolute Gasteiger partial charge is 0.254 e. The maximum atomic E-state index is 12.2. The molecule has 4 nitrogen and oxygen atoms in total. The first-order chi connectivity index (χ1) is 8.10. The van der Waals surface area contributed by atoms with Crippen LogP contribution >= 0.6 is 11.3 Å². The maximum Gasteiger partial charge on any atom is 0.254 e. The first-order valence-corrected chi connectivity index (χ1v) is 6.46. The van der Waals surface area contributed by atoms with Crippen LogP contribution in [-0.2, 0) is 4.74 Å². The Morgan fingerprint density at radius 3 is 2.65 bits per heavy atom. The highest BCUT2D eigenvalue weighted by Crippen LogP contribution is 2.18. The van der Waals surface area contributed by atoms with Gasteiger partial charge in [-0.15, -0.1) is 11.3 Å². The van der Waals surface area contributed by atoms with Gasteiger partial charge in [-0.2, -0.15) is 0 Å². The molecule has 1 aliphatic heterocycles. The lowest BCUT2D eigenvalue weighted by atomic mass is 10.2. The van der Waals surface area contributed by atoms with E-state index >= 15 is 0 Å². The van der Waals surface area contributed by atoms with Crippen molar-refractivity contribution < 1.29 is 14.3 Å². The van der Waals surface area contributed by atoms with Gasteiger partial charge in [0.05, 0.1) is 22.6 Å². The Bertz CT molecular complexity index is 419. The van der Waals surface area contributed by atoms with E-state index in [0.717, 1.165) is 6.29 Å². The standard InChI is InChI=1S/C12H15NO3S/c1-8-4-13(5-9(2)16-8)12(15)10-3-11(6-14)17-7-10/h3,6-9H,4-5H2,1-2H3/t8-,9-/m0/s1. The van der Waals surface area contributed by atoms with Crippen molar-refractivity contribution in [3.05, 3.63) is 21.9 Å². The largest absolute Gasteiger partial charge is 0.372 e. The van der Waals surface area contributed by atoms with Crippen molar-refractivity contribution in [3.8, 4) is 0 Å². The molecule has 2 atom stereocenters. The summed E-state index contributed by atoms with van der Waals surface area (Å²) in [7, 11) is 0. The summed E-state index contributed by atoms with van der Waals surface area (Å²) >= 11 is 1.30. The first-order valence-electron chi connectivity index (χ1n) is 5.58. The number of rotatable bonds is 2. The van der Waals surface area contributed by atoms with E-state index in [4.69, 9.17) is 4.74 Å². The molecule has 1 aromatic rings. The Hall–Kier alpha value is -1.20. The fraction of sp³-hybridized carbons (Fsp3) is 0.500. The van der Waals surface area contributed by atoms with Crippen LogP contribution in [0.1, 0.15) is 33.9 Å². The molecule has 0 saturated carbocycles. The van der Waals surface area contributed by atoms with Crippen molar-refractivity contribution in [2.45, 2.75) is 26.1 Å². The van der Waals surface area contributed by atoms with E-state index in [2.05, 4.69) is 0 Å². The van der Waals surface area contributed by atoms with Gasteiger partial charge in [0.15, 0.2) is 6.29 Å². The maximum absolute atomic E-state index is 12.2. The topological polar surface area (TPSA) is 46.6 Å². The summed E-state index contributed by atoms with van der Waals surface area (Å²) in [5, 5.41) is 1.73. The second-order valence-electron chi connectivity index (χ2n) is 4.32. The Morgan fingerprint density at radius 2 is 2.12 bits per heavy atom. The highest BCUT2D eigenvalue weighted by Gasteiger charge is 2.26. The SMILES string of the molecule is C[C@H]1CN(C(=O)c2csc(C=O)c2)C[C@H](C)O1. The summed E-state index contributed by atoms with van der Waals surface area (Å²) in [5.41, 5.74) is 0.596. The van der Waals surface area contributed by atoms with E-state index in [1.54, 1.807) is 16.3 Å². The molecular formula is C12H15NO3S. The quantitative estimate of drug-likeness (QED) is 0.755. The summed E-state index contributed by atoms with van der Waals surface area (Å²) in [6, 6.07) is 1.64. The summed E-state index contributed by atoms with van der Waals surface area (Å²) in [4.78, 5) is 25.1. The fourth-order valence-corrected chi connectivity index (χ4v) is 2.74. The lowest BCUT2D eigenvalue weighted by Gasteiger charge is -2.35. The molecule has 92 valence electrons. The number of hydrogen-bond acceptors (Lipinski definition) is 4. The van der Waals surface area contributed by atoms with Crippen molar-refractivity contribution >= 4 is 23.5 Å². The van der Waals surface area contributed by atoms with Gasteiger partial charge in [0.25, 0.3) is 5.91 Å². The molecule has 2 rings (SSSR count). The first kappa shape index (κ1) is 12.3. The van der Waals surface area contributed by atoms with Crippen molar-refractivity contribution in [2.75, 3.05) is 13.1 Å². The van der Waals surface area contributed by atoms with Gasteiger partial charge in [0.1, 0.15) is 0 Å². The number of hydrogen-bond donors (Lipinski definition) is 0. The van der Waals surface area contributed by atoms with E-state index in [1.165, 1.54) is 11.3 Å². The molecule has 0 spiro atoms. The van der Waals surface area contributed by atoms with Crippen LogP contribution < -0.4 is 0 Å². The summed E-state index contributed by atoms with van der Waals surface area (Å²) < 4.78 is 5.58. The molecule has 1 fully saturated rings. The third-order valence-electron chi connectivity index (χ3n) is 2.69. The number of carbonyl (C=O) groups excluding carboxylic acids is 2. The number of ether oxygens (including phenoxy) is 1. The van der Waals surface area contributed by atoms with Gasteiger partial charge in [0, 0.05) is 18.5 Å². The van der Waals surface area contributed by atoms with Crippen LogP contribution in [-0.4, -0.2) is 42.4 Å². The molecule has 1 aliphatic rings. The normalized spacial score (nSPS) is 24.7. The minimum absolute atomic E-state index is 0.0173. The average molecular weight is 253 g/mol. The van der Waals surface area contributed by atoms with Crippen LogP contribution in [0, 0.1) is 0 Å². The van der Waals surface area contributed by atoms with E-state index in [1.807, 2.05) is 13.8 Å². The monoisotopic (exact) mass is 253 g/mol. The third kappa shape index (κ3) is 2.73. The van der Waals surface area contributed by atoms with Gasteiger partial charge in [-0.1, -0.05) is 0 Å². The fourth-order valence-electron chi connectivity index (χ4n) is 2.05. The van der Waals surface area contributed by atoms with Crippen LogP contribution in [0.3, 0.4) is 0 Å². The molecule has 0 radical (unpaired) electrons. The molecule has 0 unspecified atom stereocenters. The number of carbonyl (C=O) groups is 2. The van der Waals surface area contributed by atoms with Crippen molar-refractivity contribution in [3.63, 3.8) is 0 Å². The van der Waals surface area contributed by atoms with Gasteiger partial charge >= 0.3 is 0 Å². The van der Waals surface area contributed by atoms with Gasteiger partial charge in [-0.05, 0) is 19.9 Å². The second-order valence-corrected chi connectivity index (χ2v) is 5.27. The van der Waals surface area contributed by atoms with E-state index in [-0.39, 0.29) is 18.1 Å². The molecule has 1 aromatic heterocycles. The number of nitrogens with zero attached hydrogens (tertiary/aromatic N) is 1. The second kappa shape index (κ2) is 4.98. The highest BCUT2D eigenvalue weighted by molar-refractivity contribution is 7.12. The minimum atomic E-state index is -0.0173. The lowest BCUT2D eigenvalue weighted by Crippen LogP contribution is -2.48. The van der Waals surface area contributed by atoms with Crippen LogP contribution in [0.5, 0.6) is 0 Å². The summed E-state index contributed by atoms with van der Waals surface area (Å²) in [5.74, 6) is -0.0173. The number of aldehydes is 1. The molecule has 0 aliphatic carbocycles. The molecular weight excluding hydrogens is 238 g/mol. The molecule has 0 bridgehead atoms. The van der Waals surface area contributed by atoms with Gasteiger partial charge < -0.3 is 9.64 Å². The van der Waals surface area contributed by atoms with Gasteiger partial charge in [-0.3, -0.25) is 9.59 Å². The van der Waals surface area contributed by atoms with E-state index in [0.29, 0.717) is 23.5 Å². The van der Waals surface area contributed by atoms with E-state index < -0.39 is 0 Å². The number of thiophene rings is 1. The Balaban J connectivity index is 2.11. The summed E-state index contributed by atoms with van der Waals surface area (Å²) in [6.07, 6.45) is 0.894. The Kier molecular flexibility index (Phi) is 3.59. The molecule has 1 saturated heterocycles. The predicted octanol–water partition coefficient (Wildman–Crippen LogP) is 1.81. The Labute approximate surface area is 104 Å². The zero-order valence-electron chi connectivity index (χ0n) is 9.88. The molecule has 1 amide bonds. The molecule has 0 aromatic carbocycles. The van der Waals surface area contributed by atoms with Gasteiger partial charge in [-0.25, -0.2) is 0 Å². The average Bonchev–Trinajstić information content (AvgIpc) is 2.75. The highest BCUT2D eigenvalue weighted by atomic mass is 32.1. The molecule has 17 heavy (non-hydrogen) atoms. The van der Waals surface area contributed by atoms with Gasteiger partial charge in [0.2, 0.25) is 0 Å². The zero-order chi connectivity index (χ0) is 12.4. The zero-order valence-corrected chi connectivity index (χ0v) is 10.7. The van der Waals surface area contributed by atoms with Crippen LogP contribution in [0.15, 0.2) is 11.4 Å². The lowest BCUT2D eigenvalue weighted by molar-refractivity contribution is -0.0586. The molecule has 2 heterocycles. The Morgan fingerprint density at radius 1 is 1.47 bits per heavy atom. The van der Waals surface area contributed by atoms with Crippen molar-refractivity contribution in [1.29, 1.82) is 0 Å². The van der Waals surface area contributed by atoms with Crippen LogP contribution in [0.4, 0.5) is 0 Å². The van der Waals surface area contributed by atoms with Crippen molar-refractivity contribution in [2.24, 2.45) is 0 Å². The summed E-state index contributed by atoms with van der Waals surface area (Å²) in [6.45, 7) is 5.13. The predicted molar refractivity (Wildman–Crippen MR) is 65.6 cm³/mol. The van der Waals surface area contributed by atoms with E-state index in [9.17, 15) is 9.59 Å². The van der Waals surface area contributed by atoms with Crippen molar-refractivity contribution in [1.82, 2.24) is 4.90 Å². The third-order valence-corrected chi connectivity index (χ3v) is 3.55. The van der Waals surface area contributed by atoms with Crippen LogP contribution in [0.2, 0.25) is 0 Å². The number of morpholine rings is 1. The van der Waals surface area contributed by atoms with Crippen LogP contribution in [0.25, 0.3) is 0 Å². The molecule has 0 N–H and O–H groups in total. The number of amides is 1. The molecule has 5 heteroatoms.